The van der Waals surface area contributed by atoms with Gasteiger partial charge >= 0.3 is 0 Å². The van der Waals surface area contributed by atoms with E-state index in [0.29, 0.717) is 5.69 Å². The normalized spacial score (nSPS) is 21.3. The van der Waals surface area contributed by atoms with Crippen LogP contribution in [0.4, 0.5) is 10.1 Å². The maximum Gasteiger partial charge on any atom is 0.238 e. The van der Waals surface area contributed by atoms with Gasteiger partial charge in [0.2, 0.25) is 10.0 Å². The van der Waals surface area contributed by atoms with Gasteiger partial charge in [0, 0.05) is 12.6 Å². The molecule has 5 nitrogen and oxygen atoms in total. The van der Waals surface area contributed by atoms with Crippen LogP contribution in [-0.2, 0) is 10.0 Å². The van der Waals surface area contributed by atoms with Crippen molar-refractivity contribution in [3.05, 3.63) is 24.0 Å². The molecular formula is C12H18FN3O2S. The zero-order chi connectivity index (χ0) is 14.0. The van der Waals surface area contributed by atoms with Crippen molar-refractivity contribution >= 4 is 15.7 Å². The molecule has 0 amide bonds. The number of anilines is 1. The third-order valence-corrected chi connectivity index (χ3v) is 4.16. The molecule has 0 bridgehead atoms. The van der Waals surface area contributed by atoms with Gasteiger partial charge in [-0.1, -0.05) is 0 Å². The molecule has 1 heterocycles. The number of nitrogens with two attached hydrogens (primary N) is 1. The lowest BCUT2D eigenvalue weighted by molar-refractivity contribution is 0.260. The van der Waals surface area contributed by atoms with E-state index < -0.39 is 15.8 Å². The van der Waals surface area contributed by atoms with Crippen molar-refractivity contribution in [3.63, 3.8) is 0 Å². The largest absolute Gasteiger partial charge is 0.379 e. The number of piperidine rings is 1. The Hall–Kier alpha value is -1.18. The van der Waals surface area contributed by atoms with Crippen LogP contribution in [-0.4, -0.2) is 39.5 Å². The highest BCUT2D eigenvalue weighted by atomic mass is 32.2. The zero-order valence-electron chi connectivity index (χ0n) is 10.8. The predicted octanol–water partition coefficient (Wildman–Crippen LogP) is 0.979. The number of nitrogens with zero attached hydrogens (tertiary/aromatic N) is 1. The summed E-state index contributed by atoms with van der Waals surface area (Å²) in [6.07, 6.45) is 2.03. The fourth-order valence-corrected chi connectivity index (χ4v) is 2.82. The topological polar surface area (TPSA) is 75.4 Å². The summed E-state index contributed by atoms with van der Waals surface area (Å²) in [6.45, 7) is 1.89. The summed E-state index contributed by atoms with van der Waals surface area (Å²) in [5, 5.41) is 8.06. The first-order valence-corrected chi connectivity index (χ1v) is 7.68. The molecule has 1 atom stereocenters. The first-order chi connectivity index (χ1) is 8.86. The number of nitrogens with one attached hydrogen (secondary N) is 1. The lowest BCUT2D eigenvalue weighted by Gasteiger charge is -2.31. The third-order valence-electron chi connectivity index (χ3n) is 3.25. The maximum absolute atomic E-state index is 13.8. The predicted molar refractivity (Wildman–Crippen MR) is 71.9 cm³/mol. The van der Waals surface area contributed by atoms with E-state index in [-0.39, 0.29) is 10.9 Å². The highest BCUT2D eigenvalue weighted by Crippen LogP contribution is 2.21. The van der Waals surface area contributed by atoms with Crippen LogP contribution in [0.15, 0.2) is 23.1 Å². The van der Waals surface area contributed by atoms with Crippen molar-refractivity contribution in [2.45, 2.75) is 23.8 Å². The number of primary sulfonamides is 1. The summed E-state index contributed by atoms with van der Waals surface area (Å²) in [6, 6.07) is 3.86. The number of halogens is 1. The molecule has 1 aromatic carbocycles. The summed E-state index contributed by atoms with van der Waals surface area (Å²) < 4.78 is 36.1. The molecule has 0 aliphatic carbocycles. The van der Waals surface area contributed by atoms with Crippen molar-refractivity contribution in [1.29, 1.82) is 0 Å². The number of likely N-dealkylation sites (tertiary alicyclic amines) is 1. The van der Waals surface area contributed by atoms with Gasteiger partial charge in [0.25, 0.3) is 0 Å². The number of rotatable bonds is 3. The van der Waals surface area contributed by atoms with E-state index in [9.17, 15) is 12.8 Å². The van der Waals surface area contributed by atoms with Crippen molar-refractivity contribution in [2.24, 2.45) is 5.14 Å². The van der Waals surface area contributed by atoms with E-state index in [1.165, 1.54) is 12.1 Å². The summed E-state index contributed by atoms with van der Waals surface area (Å²) >= 11 is 0. The van der Waals surface area contributed by atoms with E-state index in [1.807, 2.05) is 7.05 Å². The smallest absolute Gasteiger partial charge is 0.238 e. The van der Waals surface area contributed by atoms with E-state index in [1.54, 1.807) is 0 Å². The first kappa shape index (κ1) is 14.2. The van der Waals surface area contributed by atoms with Crippen molar-refractivity contribution in [3.8, 4) is 0 Å². The molecule has 0 saturated carbocycles. The minimum atomic E-state index is -3.86. The highest BCUT2D eigenvalue weighted by Gasteiger charge is 2.19. The van der Waals surface area contributed by atoms with Gasteiger partial charge in [0.05, 0.1) is 10.6 Å². The summed E-state index contributed by atoms with van der Waals surface area (Å²) in [5.41, 5.74) is 0.313. The molecule has 1 aromatic rings. The Morgan fingerprint density at radius 3 is 2.79 bits per heavy atom. The van der Waals surface area contributed by atoms with Crippen LogP contribution < -0.4 is 10.5 Å². The Kier molecular flexibility index (Phi) is 4.07. The average molecular weight is 287 g/mol. The van der Waals surface area contributed by atoms with Crippen LogP contribution in [0.2, 0.25) is 0 Å². The van der Waals surface area contributed by atoms with Crippen molar-refractivity contribution in [2.75, 3.05) is 25.5 Å². The fraction of sp³-hybridized carbons (Fsp3) is 0.500. The molecular weight excluding hydrogens is 269 g/mol. The Morgan fingerprint density at radius 2 is 2.21 bits per heavy atom. The SMILES string of the molecule is CN1CCCC(Nc2ccc(S(N)(=O)=O)cc2F)C1. The molecule has 106 valence electrons. The Balaban J connectivity index is 2.13. The summed E-state index contributed by atoms with van der Waals surface area (Å²) in [5.74, 6) is -0.597. The van der Waals surface area contributed by atoms with Gasteiger partial charge in [-0.15, -0.1) is 0 Å². The third kappa shape index (κ3) is 3.65. The van der Waals surface area contributed by atoms with Gasteiger partial charge in [0.1, 0.15) is 5.82 Å². The van der Waals surface area contributed by atoms with E-state index in [0.717, 1.165) is 32.0 Å². The Labute approximate surface area is 112 Å². The monoisotopic (exact) mass is 287 g/mol. The summed E-state index contributed by atoms with van der Waals surface area (Å²) in [4.78, 5) is 1.97. The zero-order valence-corrected chi connectivity index (χ0v) is 11.6. The van der Waals surface area contributed by atoms with E-state index in [2.05, 4.69) is 10.2 Å². The van der Waals surface area contributed by atoms with Crippen LogP contribution in [0.1, 0.15) is 12.8 Å². The van der Waals surface area contributed by atoms with Gasteiger partial charge in [0.15, 0.2) is 0 Å². The molecule has 1 unspecified atom stereocenters. The van der Waals surface area contributed by atoms with Gasteiger partial charge in [-0.3, -0.25) is 0 Å². The molecule has 0 radical (unpaired) electrons. The van der Waals surface area contributed by atoms with E-state index in [4.69, 9.17) is 5.14 Å². The lowest BCUT2D eigenvalue weighted by atomic mass is 10.1. The second kappa shape index (κ2) is 5.44. The average Bonchev–Trinajstić information content (AvgIpc) is 2.30. The molecule has 7 heteroatoms. The van der Waals surface area contributed by atoms with E-state index >= 15 is 0 Å². The van der Waals surface area contributed by atoms with Gasteiger partial charge in [-0.25, -0.2) is 17.9 Å². The molecule has 3 N–H and O–H groups in total. The Bertz CT molecular complexity index is 562. The van der Waals surface area contributed by atoms with Crippen LogP contribution in [0.25, 0.3) is 0 Å². The summed E-state index contributed by atoms with van der Waals surface area (Å²) in [7, 11) is -1.84. The molecule has 0 aromatic heterocycles. The quantitative estimate of drug-likeness (QED) is 0.869. The number of hydrogen-bond acceptors (Lipinski definition) is 4. The van der Waals surface area contributed by atoms with Gasteiger partial charge in [-0.2, -0.15) is 0 Å². The van der Waals surface area contributed by atoms with Crippen LogP contribution in [0, 0.1) is 5.82 Å². The number of likely N-dealkylation sites (N-methyl/N-ethyl adjacent to an activating group) is 1. The standard InChI is InChI=1S/C12H18FN3O2S/c1-16-6-2-3-9(8-16)15-12-5-4-10(7-11(12)13)19(14,17)18/h4-5,7,9,15H,2-3,6,8H2,1H3,(H2,14,17,18). The second-order valence-corrected chi connectivity index (χ2v) is 6.49. The molecule has 19 heavy (non-hydrogen) atoms. The fourth-order valence-electron chi connectivity index (χ4n) is 2.29. The van der Waals surface area contributed by atoms with Gasteiger partial charge < -0.3 is 10.2 Å². The van der Waals surface area contributed by atoms with Crippen LogP contribution >= 0.6 is 0 Å². The highest BCUT2D eigenvalue weighted by molar-refractivity contribution is 7.89. The number of benzene rings is 1. The minimum Gasteiger partial charge on any atom is -0.379 e. The van der Waals surface area contributed by atoms with Crippen molar-refractivity contribution < 1.29 is 12.8 Å². The lowest BCUT2D eigenvalue weighted by Crippen LogP contribution is -2.39. The molecule has 1 fully saturated rings. The Morgan fingerprint density at radius 1 is 1.47 bits per heavy atom. The maximum atomic E-state index is 13.8. The second-order valence-electron chi connectivity index (χ2n) is 4.93. The molecule has 0 spiro atoms. The molecule has 1 aliphatic rings. The number of sulfonamides is 1. The van der Waals surface area contributed by atoms with Crippen molar-refractivity contribution in [1.82, 2.24) is 4.90 Å². The van der Waals surface area contributed by atoms with Crippen LogP contribution in [0.3, 0.4) is 0 Å². The van der Waals surface area contributed by atoms with Crippen LogP contribution in [0.5, 0.6) is 0 Å². The van der Waals surface area contributed by atoms with Gasteiger partial charge in [-0.05, 0) is 44.6 Å². The first-order valence-electron chi connectivity index (χ1n) is 6.14. The molecule has 1 aliphatic heterocycles. The number of hydrogen-bond donors (Lipinski definition) is 2. The minimum absolute atomic E-state index is 0.175. The molecule has 2 rings (SSSR count). The molecule has 1 saturated heterocycles.